The van der Waals surface area contributed by atoms with Gasteiger partial charge in [-0.25, -0.2) is 4.99 Å². The van der Waals surface area contributed by atoms with E-state index in [1.807, 2.05) is 24.3 Å². The second kappa shape index (κ2) is 4.13. The molecule has 0 aliphatic carbocycles. The Morgan fingerprint density at radius 1 is 1.40 bits per heavy atom. The lowest BCUT2D eigenvalue weighted by Crippen LogP contribution is -1.99. The lowest BCUT2D eigenvalue weighted by atomic mass is 10.2. The molecule has 0 atom stereocenters. The standard InChI is InChI=1S/C11H8ClNOS/c1-7(14)13-11-6-9(12)8-4-2-3-5-10(8)15-11/h2-6H,1H3. The highest BCUT2D eigenvalue weighted by Crippen LogP contribution is 2.23. The molecule has 15 heavy (non-hydrogen) atoms. The van der Waals surface area contributed by atoms with Crippen LogP contribution >= 0.6 is 22.9 Å². The topological polar surface area (TPSA) is 29.4 Å². The van der Waals surface area contributed by atoms with Gasteiger partial charge in [0.1, 0.15) is 4.67 Å². The van der Waals surface area contributed by atoms with Crippen LogP contribution in [-0.4, -0.2) is 5.91 Å². The second-order valence-corrected chi connectivity index (χ2v) is 4.53. The van der Waals surface area contributed by atoms with Crippen molar-refractivity contribution in [3.8, 4) is 0 Å². The number of fused-ring (bicyclic) bond motifs is 1. The maximum atomic E-state index is 10.9. The minimum Gasteiger partial charge on any atom is -0.273 e. The van der Waals surface area contributed by atoms with Gasteiger partial charge in [-0.2, -0.15) is 0 Å². The molecular weight excluding hydrogens is 230 g/mol. The van der Waals surface area contributed by atoms with Gasteiger partial charge >= 0.3 is 0 Å². The van der Waals surface area contributed by atoms with Gasteiger partial charge < -0.3 is 0 Å². The Labute approximate surface area is 95.9 Å². The average Bonchev–Trinajstić information content (AvgIpc) is 2.16. The Hall–Kier alpha value is -1.19. The quantitative estimate of drug-likeness (QED) is 0.693. The molecule has 1 amide bonds. The van der Waals surface area contributed by atoms with Crippen molar-refractivity contribution in [3.05, 3.63) is 40.0 Å². The van der Waals surface area contributed by atoms with Crippen LogP contribution in [0.15, 0.2) is 35.3 Å². The van der Waals surface area contributed by atoms with Gasteiger partial charge in [-0.3, -0.25) is 4.79 Å². The van der Waals surface area contributed by atoms with Crippen LogP contribution in [-0.2, 0) is 4.79 Å². The second-order valence-electron chi connectivity index (χ2n) is 3.06. The van der Waals surface area contributed by atoms with E-state index in [1.54, 1.807) is 6.07 Å². The third kappa shape index (κ3) is 2.25. The zero-order valence-corrected chi connectivity index (χ0v) is 9.60. The Morgan fingerprint density at radius 3 is 2.87 bits per heavy atom. The fourth-order valence-electron chi connectivity index (χ4n) is 1.29. The third-order valence-corrected chi connectivity index (χ3v) is 3.18. The van der Waals surface area contributed by atoms with Crippen LogP contribution in [0.1, 0.15) is 6.92 Å². The average molecular weight is 238 g/mol. The number of hydrogen-bond acceptors (Lipinski definition) is 2. The van der Waals surface area contributed by atoms with E-state index >= 15 is 0 Å². The van der Waals surface area contributed by atoms with Crippen molar-refractivity contribution in [1.82, 2.24) is 0 Å². The number of carbonyl (C=O) groups excluding carboxylic acids is 1. The summed E-state index contributed by atoms with van der Waals surface area (Å²) in [5, 5.41) is 1.62. The van der Waals surface area contributed by atoms with E-state index in [0.29, 0.717) is 9.69 Å². The zero-order chi connectivity index (χ0) is 10.8. The summed E-state index contributed by atoms with van der Waals surface area (Å²) in [5.41, 5.74) is 0. The Kier molecular flexibility index (Phi) is 2.84. The SMILES string of the molecule is CC(=O)N=c1cc(Cl)c2ccccc2s1. The molecule has 4 heteroatoms. The van der Waals surface area contributed by atoms with Crippen molar-refractivity contribution in [3.63, 3.8) is 0 Å². The summed E-state index contributed by atoms with van der Waals surface area (Å²) in [6, 6.07) is 9.50. The van der Waals surface area contributed by atoms with Crippen molar-refractivity contribution in [2.24, 2.45) is 4.99 Å². The molecule has 0 bridgehead atoms. The van der Waals surface area contributed by atoms with E-state index in [-0.39, 0.29) is 5.91 Å². The lowest BCUT2D eigenvalue weighted by Gasteiger charge is -1.98. The molecule has 2 aromatic rings. The molecule has 1 aromatic carbocycles. The molecule has 0 aliphatic rings. The van der Waals surface area contributed by atoms with E-state index in [2.05, 4.69) is 4.99 Å². The third-order valence-electron chi connectivity index (χ3n) is 1.88. The van der Waals surface area contributed by atoms with Crippen molar-refractivity contribution in [1.29, 1.82) is 0 Å². The first-order valence-corrected chi connectivity index (χ1v) is 5.60. The van der Waals surface area contributed by atoms with Gasteiger partial charge in [0.05, 0.1) is 5.02 Å². The van der Waals surface area contributed by atoms with Crippen LogP contribution in [0.3, 0.4) is 0 Å². The maximum absolute atomic E-state index is 10.9. The van der Waals surface area contributed by atoms with Crippen molar-refractivity contribution < 1.29 is 4.79 Å². The molecule has 1 heterocycles. The molecule has 0 radical (unpaired) electrons. The highest BCUT2D eigenvalue weighted by atomic mass is 35.5. The Balaban J connectivity index is 2.78. The van der Waals surface area contributed by atoms with Crippen molar-refractivity contribution in [2.75, 3.05) is 0 Å². The summed E-state index contributed by atoms with van der Waals surface area (Å²) in [6.45, 7) is 1.43. The molecular formula is C11H8ClNOS. The van der Waals surface area contributed by atoms with Gasteiger partial charge in [-0.15, -0.1) is 11.3 Å². The molecule has 76 valence electrons. The fraction of sp³-hybridized carbons (Fsp3) is 0.0909. The summed E-state index contributed by atoms with van der Waals surface area (Å²) in [4.78, 5) is 14.7. The number of rotatable bonds is 0. The first kappa shape index (κ1) is 10.3. The minimum absolute atomic E-state index is 0.211. The largest absolute Gasteiger partial charge is 0.273 e. The van der Waals surface area contributed by atoms with E-state index in [0.717, 1.165) is 10.1 Å². The monoisotopic (exact) mass is 237 g/mol. The van der Waals surface area contributed by atoms with Crippen LogP contribution in [0.5, 0.6) is 0 Å². The lowest BCUT2D eigenvalue weighted by molar-refractivity contribution is -0.116. The van der Waals surface area contributed by atoms with Crippen LogP contribution in [0.25, 0.3) is 10.1 Å². The van der Waals surface area contributed by atoms with E-state index in [1.165, 1.54) is 18.3 Å². The number of nitrogens with zero attached hydrogens (tertiary/aromatic N) is 1. The minimum atomic E-state index is -0.211. The highest BCUT2D eigenvalue weighted by molar-refractivity contribution is 7.16. The number of amides is 1. The smallest absolute Gasteiger partial charge is 0.243 e. The van der Waals surface area contributed by atoms with Crippen molar-refractivity contribution in [2.45, 2.75) is 6.92 Å². The van der Waals surface area contributed by atoms with E-state index in [9.17, 15) is 4.79 Å². The summed E-state index contributed by atoms with van der Waals surface area (Å²) in [6.07, 6.45) is 0. The summed E-state index contributed by atoms with van der Waals surface area (Å²) >= 11 is 7.54. The van der Waals surface area contributed by atoms with Gasteiger partial charge in [0.15, 0.2) is 0 Å². The van der Waals surface area contributed by atoms with Gasteiger partial charge in [-0.05, 0) is 12.1 Å². The molecule has 0 saturated carbocycles. The molecule has 0 N–H and O–H groups in total. The maximum Gasteiger partial charge on any atom is 0.243 e. The molecule has 0 aliphatic heterocycles. The van der Waals surface area contributed by atoms with Gasteiger partial charge in [-0.1, -0.05) is 29.8 Å². The summed E-state index contributed by atoms with van der Waals surface area (Å²) in [7, 11) is 0. The van der Waals surface area contributed by atoms with E-state index in [4.69, 9.17) is 11.6 Å². The van der Waals surface area contributed by atoms with Crippen LogP contribution in [0.2, 0.25) is 5.02 Å². The normalized spacial score (nSPS) is 12.0. The van der Waals surface area contributed by atoms with Gasteiger partial charge in [0.25, 0.3) is 0 Å². The molecule has 2 nitrogen and oxygen atoms in total. The Bertz CT molecular complexity index is 588. The number of benzene rings is 1. The molecule has 0 fully saturated rings. The van der Waals surface area contributed by atoms with Gasteiger partial charge in [0, 0.05) is 17.0 Å². The molecule has 2 rings (SSSR count). The van der Waals surface area contributed by atoms with Crippen LogP contribution in [0.4, 0.5) is 0 Å². The molecule has 0 spiro atoms. The number of carbonyl (C=O) groups is 1. The fourth-order valence-corrected chi connectivity index (χ4v) is 2.69. The predicted molar refractivity (Wildman–Crippen MR) is 63.1 cm³/mol. The molecule has 0 saturated heterocycles. The highest BCUT2D eigenvalue weighted by Gasteiger charge is 1.99. The van der Waals surface area contributed by atoms with E-state index < -0.39 is 0 Å². The summed E-state index contributed by atoms with van der Waals surface area (Å²) in [5.74, 6) is -0.211. The Morgan fingerprint density at radius 2 is 2.13 bits per heavy atom. The van der Waals surface area contributed by atoms with Crippen LogP contribution < -0.4 is 4.67 Å². The molecule has 1 aromatic heterocycles. The first-order chi connectivity index (χ1) is 7.16. The summed E-state index contributed by atoms with van der Waals surface area (Å²) < 4.78 is 1.68. The number of hydrogen-bond donors (Lipinski definition) is 0. The first-order valence-electron chi connectivity index (χ1n) is 4.40. The number of halogens is 1. The zero-order valence-electron chi connectivity index (χ0n) is 8.03. The van der Waals surface area contributed by atoms with Crippen molar-refractivity contribution >= 4 is 38.9 Å². The molecule has 0 unspecified atom stereocenters. The predicted octanol–water partition coefficient (Wildman–Crippen LogP) is 3.00. The van der Waals surface area contributed by atoms with Gasteiger partial charge in [0.2, 0.25) is 5.91 Å². The van der Waals surface area contributed by atoms with Crippen LogP contribution in [0, 0.1) is 0 Å².